The lowest BCUT2D eigenvalue weighted by Gasteiger charge is -2.32. The van der Waals surface area contributed by atoms with Gasteiger partial charge in [-0.2, -0.15) is 0 Å². The first-order chi connectivity index (χ1) is 7.69. The zero-order valence-electron chi connectivity index (χ0n) is 9.86. The Morgan fingerprint density at radius 2 is 2.00 bits per heavy atom. The van der Waals surface area contributed by atoms with Crippen molar-refractivity contribution in [2.24, 2.45) is 0 Å². The van der Waals surface area contributed by atoms with Gasteiger partial charge in [0.1, 0.15) is 6.54 Å². The minimum Gasteiger partial charge on any atom is -0.378 e. The van der Waals surface area contributed by atoms with Crippen LogP contribution in [-0.2, 0) is 9.53 Å². The van der Waals surface area contributed by atoms with E-state index in [0.717, 1.165) is 0 Å². The summed E-state index contributed by atoms with van der Waals surface area (Å²) in [6, 6.07) is -0.0885. The molecule has 92 valence electrons. The third-order valence-electron chi connectivity index (χ3n) is 2.55. The maximum absolute atomic E-state index is 12.0. The van der Waals surface area contributed by atoms with Gasteiger partial charge in [-0.15, -0.1) is 0 Å². The van der Waals surface area contributed by atoms with Gasteiger partial charge in [0.05, 0.1) is 13.2 Å². The van der Waals surface area contributed by atoms with Gasteiger partial charge in [0.15, 0.2) is 0 Å². The molecule has 6 nitrogen and oxygen atoms in total. The highest BCUT2D eigenvalue weighted by Crippen LogP contribution is 2.03. The van der Waals surface area contributed by atoms with Crippen LogP contribution >= 0.6 is 0 Å². The number of nitrogens with one attached hydrogen (secondary N) is 1. The van der Waals surface area contributed by atoms with Crippen molar-refractivity contribution in [1.82, 2.24) is 15.1 Å². The molecule has 1 N–H and O–H groups in total. The molecule has 0 unspecified atom stereocenters. The number of hydrogen-bond donors (Lipinski definition) is 1. The first kappa shape index (κ1) is 12.8. The van der Waals surface area contributed by atoms with Crippen LogP contribution in [0.4, 0.5) is 4.79 Å². The highest BCUT2D eigenvalue weighted by Gasteiger charge is 2.22. The van der Waals surface area contributed by atoms with E-state index in [4.69, 9.17) is 4.74 Å². The second-order valence-corrected chi connectivity index (χ2v) is 3.57. The minimum atomic E-state index is -0.150. The van der Waals surface area contributed by atoms with Crippen molar-refractivity contribution in [3.05, 3.63) is 0 Å². The molecule has 0 spiro atoms. The van der Waals surface area contributed by atoms with Crippen molar-refractivity contribution in [3.8, 4) is 0 Å². The summed E-state index contributed by atoms with van der Waals surface area (Å²) in [5, 5.41) is 2.51. The first-order valence-electron chi connectivity index (χ1n) is 5.51. The average molecular weight is 229 g/mol. The van der Waals surface area contributed by atoms with E-state index >= 15 is 0 Å². The van der Waals surface area contributed by atoms with Gasteiger partial charge < -0.3 is 19.9 Å². The fraction of sp³-hybridized carbons (Fsp3) is 0.800. The van der Waals surface area contributed by atoms with E-state index in [1.54, 1.807) is 11.9 Å². The molecule has 0 bridgehead atoms. The molecule has 0 aliphatic carbocycles. The smallest absolute Gasteiger partial charge is 0.320 e. The Balaban J connectivity index is 2.50. The van der Waals surface area contributed by atoms with Crippen LogP contribution in [0.25, 0.3) is 0 Å². The lowest BCUT2D eigenvalue weighted by atomic mass is 10.4. The monoisotopic (exact) mass is 229 g/mol. The van der Waals surface area contributed by atoms with Gasteiger partial charge in [-0.3, -0.25) is 4.79 Å². The number of carbonyl (C=O) groups excluding carboxylic acids is 2. The Labute approximate surface area is 95.5 Å². The molecular weight excluding hydrogens is 210 g/mol. The number of morpholine rings is 1. The van der Waals surface area contributed by atoms with E-state index < -0.39 is 0 Å². The molecule has 1 heterocycles. The summed E-state index contributed by atoms with van der Waals surface area (Å²) in [5.74, 6) is -0.150. The fourth-order valence-electron chi connectivity index (χ4n) is 1.52. The molecule has 1 aliphatic rings. The summed E-state index contributed by atoms with van der Waals surface area (Å²) >= 11 is 0. The number of nitrogens with zero attached hydrogens (tertiary/aromatic N) is 2. The summed E-state index contributed by atoms with van der Waals surface area (Å²) in [6.45, 7) is 4.85. The average Bonchev–Trinajstić information content (AvgIpc) is 2.35. The molecular formula is C10H19N3O3. The Hall–Kier alpha value is -1.30. The summed E-state index contributed by atoms with van der Waals surface area (Å²) < 4.78 is 5.17. The number of amides is 3. The van der Waals surface area contributed by atoms with Crippen molar-refractivity contribution in [3.63, 3.8) is 0 Å². The number of rotatable bonds is 3. The molecule has 0 radical (unpaired) electrons. The zero-order valence-corrected chi connectivity index (χ0v) is 9.86. The van der Waals surface area contributed by atoms with Crippen LogP contribution in [0.5, 0.6) is 0 Å². The topological polar surface area (TPSA) is 61.9 Å². The minimum absolute atomic E-state index is 0.0885. The van der Waals surface area contributed by atoms with E-state index in [9.17, 15) is 9.59 Å². The second kappa shape index (κ2) is 6.32. The standard InChI is InChI=1S/C10H19N3O3/c1-3-12(8-9(14)11-2)10(15)13-4-6-16-7-5-13/h3-8H2,1-2H3,(H,11,14). The normalized spacial score (nSPS) is 15.8. The highest BCUT2D eigenvalue weighted by molar-refractivity contribution is 5.83. The van der Waals surface area contributed by atoms with Gasteiger partial charge in [-0.1, -0.05) is 0 Å². The van der Waals surface area contributed by atoms with E-state index in [1.165, 1.54) is 4.90 Å². The van der Waals surface area contributed by atoms with Crippen molar-refractivity contribution in [2.45, 2.75) is 6.92 Å². The van der Waals surface area contributed by atoms with E-state index in [2.05, 4.69) is 5.32 Å². The molecule has 1 rings (SSSR count). The predicted molar refractivity (Wildman–Crippen MR) is 59.1 cm³/mol. The molecule has 1 aliphatic heterocycles. The van der Waals surface area contributed by atoms with Crippen LogP contribution in [0.2, 0.25) is 0 Å². The predicted octanol–water partition coefficient (Wildman–Crippen LogP) is -0.493. The summed E-state index contributed by atoms with van der Waals surface area (Å²) in [6.07, 6.45) is 0. The van der Waals surface area contributed by atoms with E-state index in [-0.39, 0.29) is 18.5 Å². The third kappa shape index (κ3) is 3.37. The van der Waals surface area contributed by atoms with Crippen molar-refractivity contribution in [2.75, 3.05) is 46.4 Å². The molecule has 0 aromatic carbocycles. The van der Waals surface area contributed by atoms with Gasteiger partial charge in [0.25, 0.3) is 0 Å². The number of hydrogen-bond acceptors (Lipinski definition) is 3. The summed E-state index contributed by atoms with van der Waals surface area (Å²) in [7, 11) is 1.56. The molecule has 1 saturated heterocycles. The second-order valence-electron chi connectivity index (χ2n) is 3.57. The SMILES string of the molecule is CCN(CC(=O)NC)C(=O)N1CCOCC1. The Kier molecular flexibility index (Phi) is 5.04. The van der Waals surface area contributed by atoms with Crippen LogP contribution in [0.3, 0.4) is 0 Å². The molecule has 0 atom stereocenters. The molecule has 1 fully saturated rings. The molecule has 0 aromatic heterocycles. The quantitative estimate of drug-likeness (QED) is 0.710. The Morgan fingerprint density at radius 3 is 2.50 bits per heavy atom. The third-order valence-corrected chi connectivity index (χ3v) is 2.55. The van der Waals surface area contributed by atoms with Crippen LogP contribution in [-0.4, -0.2) is 68.2 Å². The largest absolute Gasteiger partial charge is 0.378 e. The van der Waals surface area contributed by atoms with Crippen LogP contribution < -0.4 is 5.32 Å². The van der Waals surface area contributed by atoms with Crippen molar-refractivity contribution in [1.29, 1.82) is 0 Å². The van der Waals surface area contributed by atoms with Gasteiger partial charge >= 0.3 is 6.03 Å². The lowest BCUT2D eigenvalue weighted by Crippen LogP contribution is -2.50. The Bertz CT molecular complexity index is 252. The fourth-order valence-corrected chi connectivity index (χ4v) is 1.52. The molecule has 3 amide bonds. The van der Waals surface area contributed by atoms with Gasteiger partial charge in [0.2, 0.25) is 5.91 Å². The number of likely N-dealkylation sites (N-methyl/N-ethyl adjacent to an activating group) is 2. The highest BCUT2D eigenvalue weighted by atomic mass is 16.5. The maximum atomic E-state index is 12.0. The maximum Gasteiger partial charge on any atom is 0.320 e. The number of ether oxygens (including phenoxy) is 1. The summed E-state index contributed by atoms with van der Waals surface area (Å²) in [4.78, 5) is 26.5. The van der Waals surface area contributed by atoms with Gasteiger partial charge in [-0.05, 0) is 6.92 Å². The van der Waals surface area contributed by atoms with Crippen molar-refractivity contribution < 1.29 is 14.3 Å². The van der Waals surface area contributed by atoms with Crippen LogP contribution in [0, 0.1) is 0 Å². The number of carbonyl (C=O) groups is 2. The van der Waals surface area contributed by atoms with Gasteiger partial charge in [-0.25, -0.2) is 4.79 Å². The molecule has 0 saturated carbocycles. The van der Waals surface area contributed by atoms with Gasteiger partial charge in [0, 0.05) is 26.7 Å². The molecule has 6 heteroatoms. The van der Waals surface area contributed by atoms with E-state index in [1.807, 2.05) is 6.92 Å². The zero-order chi connectivity index (χ0) is 12.0. The Morgan fingerprint density at radius 1 is 1.38 bits per heavy atom. The number of urea groups is 1. The lowest BCUT2D eigenvalue weighted by molar-refractivity contribution is -0.121. The molecule has 16 heavy (non-hydrogen) atoms. The van der Waals surface area contributed by atoms with Crippen molar-refractivity contribution >= 4 is 11.9 Å². The summed E-state index contributed by atoms with van der Waals surface area (Å²) in [5.41, 5.74) is 0. The van der Waals surface area contributed by atoms with Crippen LogP contribution in [0.1, 0.15) is 6.92 Å². The molecule has 0 aromatic rings. The van der Waals surface area contributed by atoms with Crippen LogP contribution in [0.15, 0.2) is 0 Å². The first-order valence-corrected chi connectivity index (χ1v) is 5.51. The van der Waals surface area contributed by atoms with E-state index in [0.29, 0.717) is 32.8 Å².